The number of hydrogen-bond donors (Lipinski definition) is 1. The van der Waals surface area contributed by atoms with E-state index in [0.29, 0.717) is 12.8 Å². The van der Waals surface area contributed by atoms with Crippen molar-refractivity contribution in [2.75, 3.05) is 7.11 Å². The fourth-order valence-electron chi connectivity index (χ4n) is 2.74. The molecule has 0 unspecified atom stereocenters. The molecule has 4 heteroatoms. The Bertz CT molecular complexity index is 865. The molecule has 1 aromatic heterocycles. The number of para-hydroxylation sites is 1. The monoisotopic (exact) mass is 339 g/mol. The van der Waals surface area contributed by atoms with Gasteiger partial charge in [-0.2, -0.15) is 0 Å². The lowest BCUT2D eigenvalue weighted by atomic mass is 10.1. The van der Waals surface area contributed by atoms with Crippen molar-refractivity contribution in [1.29, 1.82) is 0 Å². The summed E-state index contributed by atoms with van der Waals surface area (Å²) < 4.78 is 4.78. The number of rotatable bonds is 5. The molecule has 0 fully saturated rings. The third kappa shape index (κ3) is 3.49. The van der Waals surface area contributed by atoms with Crippen LogP contribution in [0, 0.1) is 13.8 Å². The lowest BCUT2D eigenvalue weighted by molar-refractivity contribution is -0.140. The highest BCUT2D eigenvalue weighted by atomic mass is 32.2. The van der Waals surface area contributed by atoms with Crippen molar-refractivity contribution in [1.82, 2.24) is 4.98 Å². The van der Waals surface area contributed by atoms with Crippen molar-refractivity contribution in [3.8, 4) is 0 Å². The van der Waals surface area contributed by atoms with Crippen LogP contribution in [-0.4, -0.2) is 18.1 Å². The zero-order valence-corrected chi connectivity index (χ0v) is 15.0. The minimum absolute atomic E-state index is 0.184. The number of carbonyl (C=O) groups is 1. The predicted octanol–water partition coefficient (Wildman–Crippen LogP) is 5.04. The van der Waals surface area contributed by atoms with Gasteiger partial charge >= 0.3 is 5.97 Å². The standard InChI is InChI=1S/C20H21NO2S/c1-13-7-9-15(10-8-13)24-20-16-6-4-5-14(2)19(16)21-17(20)11-12-18(22)23-3/h4-10,21H,11-12H2,1-3H3. The second-order valence-corrected chi connectivity index (χ2v) is 7.01. The SMILES string of the molecule is COC(=O)CCc1[nH]c2c(C)cccc2c1Sc1ccc(C)cc1. The normalized spacial score (nSPS) is 11.0. The van der Waals surface area contributed by atoms with Crippen molar-refractivity contribution in [2.24, 2.45) is 0 Å². The van der Waals surface area contributed by atoms with Crippen LogP contribution in [0.15, 0.2) is 52.3 Å². The molecule has 0 bridgehead atoms. The molecule has 2 aromatic carbocycles. The first kappa shape index (κ1) is 16.7. The number of aromatic nitrogens is 1. The largest absolute Gasteiger partial charge is 0.469 e. The maximum Gasteiger partial charge on any atom is 0.305 e. The highest BCUT2D eigenvalue weighted by Gasteiger charge is 2.15. The highest BCUT2D eigenvalue weighted by molar-refractivity contribution is 7.99. The maximum atomic E-state index is 11.5. The number of esters is 1. The predicted molar refractivity (Wildman–Crippen MR) is 98.7 cm³/mol. The van der Waals surface area contributed by atoms with E-state index in [1.54, 1.807) is 11.8 Å². The minimum Gasteiger partial charge on any atom is -0.469 e. The van der Waals surface area contributed by atoms with Crippen molar-refractivity contribution >= 4 is 28.6 Å². The Morgan fingerprint density at radius 3 is 2.58 bits per heavy atom. The van der Waals surface area contributed by atoms with Crippen LogP contribution in [0.2, 0.25) is 0 Å². The van der Waals surface area contributed by atoms with E-state index >= 15 is 0 Å². The summed E-state index contributed by atoms with van der Waals surface area (Å²) in [5.74, 6) is -0.184. The number of aromatic amines is 1. The molecule has 124 valence electrons. The van der Waals surface area contributed by atoms with E-state index in [2.05, 4.69) is 61.3 Å². The summed E-state index contributed by atoms with van der Waals surface area (Å²) in [6.45, 7) is 4.19. The number of aryl methyl sites for hydroxylation is 3. The summed E-state index contributed by atoms with van der Waals surface area (Å²) in [4.78, 5) is 17.4. The van der Waals surface area contributed by atoms with Gasteiger partial charge in [0.1, 0.15) is 0 Å². The Labute approximate surface area is 146 Å². The van der Waals surface area contributed by atoms with E-state index in [0.717, 1.165) is 11.2 Å². The first-order chi connectivity index (χ1) is 11.6. The van der Waals surface area contributed by atoms with Gasteiger partial charge in [-0.15, -0.1) is 0 Å². The van der Waals surface area contributed by atoms with Crippen LogP contribution in [0.1, 0.15) is 23.2 Å². The lowest BCUT2D eigenvalue weighted by Gasteiger charge is -2.05. The summed E-state index contributed by atoms with van der Waals surface area (Å²) in [6, 6.07) is 14.8. The van der Waals surface area contributed by atoms with Gasteiger partial charge in [-0.05, 0) is 38.0 Å². The molecule has 3 aromatic rings. The van der Waals surface area contributed by atoms with Crippen LogP contribution < -0.4 is 0 Å². The van der Waals surface area contributed by atoms with E-state index in [1.807, 2.05) is 0 Å². The average Bonchev–Trinajstić information content (AvgIpc) is 2.94. The van der Waals surface area contributed by atoms with Crippen LogP contribution in [0.3, 0.4) is 0 Å². The Balaban J connectivity index is 2.00. The summed E-state index contributed by atoms with van der Waals surface area (Å²) in [5.41, 5.74) is 4.70. The molecule has 0 aliphatic heterocycles. The van der Waals surface area contributed by atoms with Gasteiger partial charge in [0.25, 0.3) is 0 Å². The van der Waals surface area contributed by atoms with Crippen LogP contribution >= 0.6 is 11.8 Å². The molecule has 1 N–H and O–H groups in total. The van der Waals surface area contributed by atoms with Gasteiger partial charge in [-0.1, -0.05) is 47.7 Å². The number of hydrogen-bond acceptors (Lipinski definition) is 3. The quantitative estimate of drug-likeness (QED) is 0.662. The number of benzene rings is 2. The molecule has 0 saturated carbocycles. The van der Waals surface area contributed by atoms with E-state index < -0.39 is 0 Å². The molecule has 3 nitrogen and oxygen atoms in total. The second kappa shape index (κ2) is 7.14. The third-order valence-corrected chi connectivity index (χ3v) is 5.29. The van der Waals surface area contributed by atoms with E-state index in [-0.39, 0.29) is 5.97 Å². The molecular formula is C20H21NO2S. The van der Waals surface area contributed by atoms with Crippen LogP contribution in [0.25, 0.3) is 10.9 Å². The fraction of sp³-hybridized carbons (Fsp3) is 0.250. The topological polar surface area (TPSA) is 42.1 Å². The molecule has 0 radical (unpaired) electrons. The third-order valence-electron chi connectivity index (χ3n) is 4.12. The van der Waals surface area contributed by atoms with Gasteiger partial charge in [-0.3, -0.25) is 4.79 Å². The van der Waals surface area contributed by atoms with Crippen LogP contribution in [-0.2, 0) is 16.0 Å². The highest BCUT2D eigenvalue weighted by Crippen LogP contribution is 2.38. The summed E-state index contributed by atoms with van der Waals surface area (Å²) in [5, 5.41) is 1.21. The Morgan fingerprint density at radius 2 is 1.88 bits per heavy atom. The molecule has 3 rings (SSSR count). The number of H-pyrrole nitrogens is 1. The Morgan fingerprint density at radius 1 is 1.12 bits per heavy atom. The maximum absolute atomic E-state index is 11.5. The number of carbonyl (C=O) groups excluding carboxylic acids is 1. The summed E-state index contributed by atoms with van der Waals surface area (Å²) in [6.07, 6.45) is 1.03. The van der Waals surface area contributed by atoms with Crippen LogP contribution in [0.5, 0.6) is 0 Å². The van der Waals surface area contributed by atoms with Gasteiger partial charge in [0, 0.05) is 26.4 Å². The Kier molecular flexibility index (Phi) is 4.95. The minimum atomic E-state index is -0.184. The van der Waals surface area contributed by atoms with Crippen molar-refractivity contribution < 1.29 is 9.53 Å². The molecule has 0 spiro atoms. The molecule has 0 amide bonds. The van der Waals surface area contributed by atoms with Gasteiger partial charge < -0.3 is 9.72 Å². The number of ether oxygens (including phenoxy) is 1. The van der Waals surface area contributed by atoms with Crippen molar-refractivity contribution in [3.05, 3.63) is 59.3 Å². The molecule has 0 saturated heterocycles. The van der Waals surface area contributed by atoms with Crippen molar-refractivity contribution in [3.63, 3.8) is 0 Å². The molecule has 1 heterocycles. The lowest BCUT2D eigenvalue weighted by Crippen LogP contribution is -2.02. The van der Waals surface area contributed by atoms with E-state index in [4.69, 9.17) is 4.74 Å². The van der Waals surface area contributed by atoms with E-state index in [1.165, 1.54) is 33.4 Å². The number of nitrogens with one attached hydrogen (secondary N) is 1. The molecule has 24 heavy (non-hydrogen) atoms. The summed E-state index contributed by atoms with van der Waals surface area (Å²) in [7, 11) is 1.43. The average molecular weight is 339 g/mol. The van der Waals surface area contributed by atoms with Gasteiger partial charge in [0.15, 0.2) is 0 Å². The zero-order chi connectivity index (χ0) is 17.1. The number of fused-ring (bicyclic) bond motifs is 1. The first-order valence-corrected chi connectivity index (χ1v) is 8.81. The van der Waals surface area contributed by atoms with Crippen molar-refractivity contribution in [2.45, 2.75) is 36.5 Å². The van der Waals surface area contributed by atoms with Gasteiger partial charge in [0.05, 0.1) is 13.5 Å². The zero-order valence-electron chi connectivity index (χ0n) is 14.2. The van der Waals surface area contributed by atoms with Gasteiger partial charge in [-0.25, -0.2) is 0 Å². The van der Waals surface area contributed by atoms with Gasteiger partial charge in [0.2, 0.25) is 0 Å². The first-order valence-electron chi connectivity index (χ1n) is 8.00. The molecule has 0 atom stereocenters. The second-order valence-electron chi connectivity index (χ2n) is 5.92. The van der Waals surface area contributed by atoms with Crippen LogP contribution in [0.4, 0.5) is 0 Å². The summed E-state index contributed by atoms with van der Waals surface area (Å²) >= 11 is 1.74. The fourth-order valence-corrected chi connectivity index (χ4v) is 3.80. The van der Waals surface area contributed by atoms with E-state index in [9.17, 15) is 4.79 Å². The molecular weight excluding hydrogens is 318 g/mol. The molecule has 0 aliphatic carbocycles. The number of methoxy groups -OCH3 is 1. The smallest absolute Gasteiger partial charge is 0.305 e. The molecule has 0 aliphatic rings. The Hall–Kier alpha value is -2.20.